The summed E-state index contributed by atoms with van der Waals surface area (Å²) in [4.78, 5) is 19.3. The van der Waals surface area contributed by atoms with Gasteiger partial charge in [0.25, 0.3) is 0 Å². The van der Waals surface area contributed by atoms with Crippen LogP contribution >= 0.6 is 0 Å². The minimum absolute atomic E-state index is 0.117. The summed E-state index contributed by atoms with van der Waals surface area (Å²) in [5.74, 6) is 2.58. The van der Waals surface area contributed by atoms with Crippen molar-refractivity contribution < 1.29 is 14.3 Å². The first-order valence-electron chi connectivity index (χ1n) is 10.6. The van der Waals surface area contributed by atoms with Crippen molar-refractivity contribution >= 4 is 22.9 Å². The molecule has 0 atom stereocenters. The smallest absolute Gasteiger partial charge is 0.192 e. The lowest BCUT2D eigenvalue weighted by molar-refractivity contribution is 0.126. The standard InChI is InChI=1S/C24H23N7O3/c1-15-16(2)31(21-7-5-6-10-25-21)23-22(15)24-28-20(29-30(24)14-26-23)13-34-27-12-17-8-9-18(32-3)19(11-17)33-4/h5-12,14H,13H2,1-4H3. The van der Waals surface area contributed by atoms with Gasteiger partial charge >= 0.3 is 0 Å². The first kappa shape index (κ1) is 21.4. The van der Waals surface area contributed by atoms with Crippen molar-refractivity contribution in [1.82, 2.24) is 29.1 Å². The van der Waals surface area contributed by atoms with Crippen LogP contribution in [0.2, 0.25) is 0 Å². The molecule has 4 aromatic heterocycles. The Morgan fingerprint density at radius 1 is 1.00 bits per heavy atom. The molecular weight excluding hydrogens is 434 g/mol. The Morgan fingerprint density at radius 3 is 2.62 bits per heavy atom. The van der Waals surface area contributed by atoms with Crippen LogP contribution in [-0.2, 0) is 11.4 Å². The molecule has 0 saturated carbocycles. The number of pyridine rings is 1. The molecule has 0 radical (unpaired) electrons. The van der Waals surface area contributed by atoms with E-state index >= 15 is 0 Å². The fraction of sp³-hybridized carbons (Fsp3) is 0.208. The van der Waals surface area contributed by atoms with E-state index in [9.17, 15) is 0 Å². The summed E-state index contributed by atoms with van der Waals surface area (Å²) in [6.45, 7) is 4.22. The Hall–Kier alpha value is -4.47. The molecule has 0 bridgehead atoms. The lowest BCUT2D eigenvalue weighted by atomic mass is 10.2. The predicted molar refractivity (Wildman–Crippen MR) is 127 cm³/mol. The van der Waals surface area contributed by atoms with Crippen LogP contribution in [0, 0.1) is 13.8 Å². The Kier molecular flexibility index (Phi) is 5.54. The lowest BCUT2D eigenvalue weighted by Crippen LogP contribution is -2.01. The average Bonchev–Trinajstić information content (AvgIpc) is 3.40. The number of benzene rings is 1. The molecule has 34 heavy (non-hydrogen) atoms. The Bertz CT molecular complexity index is 1510. The monoisotopic (exact) mass is 457 g/mol. The number of oxime groups is 1. The SMILES string of the molecule is COc1ccc(C=NOCc2nc3c4c(C)c(C)n(-c5ccccn5)c4ncn3n2)cc1OC. The molecule has 1 aromatic carbocycles. The normalized spacial score (nSPS) is 11.5. The van der Waals surface area contributed by atoms with Gasteiger partial charge in [-0.15, -0.1) is 5.10 Å². The van der Waals surface area contributed by atoms with Gasteiger partial charge < -0.3 is 14.3 Å². The topological polar surface area (TPSA) is 101 Å². The maximum absolute atomic E-state index is 5.45. The summed E-state index contributed by atoms with van der Waals surface area (Å²) >= 11 is 0. The molecule has 5 aromatic rings. The molecule has 4 heterocycles. The van der Waals surface area contributed by atoms with E-state index in [2.05, 4.69) is 32.1 Å². The zero-order valence-electron chi connectivity index (χ0n) is 19.3. The second kappa shape index (κ2) is 8.81. The van der Waals surface area contributed by atoms with Crippen molar-refractivity contribution in [3.05, 3.63) is 71.6 Å². The molecule has 0 saturated heterocycles. The summed E-state index contributed by atoms with van der Waals surface area (Å²) < 4.78 is 14.2. The van der Waals surface area contributed by atoms with Crippen molar-refractivity contribution in [2.75, 3.05) is 14.2 Å². The molecule has 0 spiro atoms. The number of methoxy groups -OCH3 is 2. The van der Waals surface area contributed by atoms with Crippen LogP contribution in [-0.4, -0.2) is 49.6 Å². The minimum atomic E-state index is 0.117. The molecule has 10 nitrogen and oxygen atoms in total. The van der Waals surface area contributed by atoms with Gasteiger partial charge in [0.05, 0.1) is 25.8 Å². The molecule has 0 amide bonds. The molecule has 0 aliphatic carbocycles. The molecule has 172 valence electrons. The summed E-state index contributed by atoms with van der Waals surface area (Å²) in [5, 5.41) is 9.46. The Balaban J connectivity index is 1.40. The van der Waals surface area contributed by atoms with Crippen LogP contribution in [0.5, 0.6) is 11.5 Å². The van der Waals surface area contributed by atoms with E-state index in [1.807, 2.05) is 47.9 Å². The van der Waals surface area contributed by atoms with Crippen molar-refractivity contribution in [3.63, 3.8) is 0 Å². The third-order valence-corrected chi connectivity index (χ3v) is 5.63. The van der Waals surface area contributed by atoms with Crippen LogP contribution in [0.15, 0.2) is 54.1 Å². The maximum atomic E-state index is 5.45. The van der Waals surface area contributed by atoms with Gasteiger partial charge in [-0.05, 0) is 49.7 Å². The number of fused-ring (bicyclic) bond motifs is 3. The van der Waals surface area contributed by atoms with Crippen LogP contribution in [0.25, 0.3) is 22.5 Å². The van der Waals surface area contributed by atoms with Crippen LogP contribution in [0.1, 0.15) is 22.6 Å². The van der Waals surface area contributed by atoms with Gasteiger partial charge in [0, 0.05) is 17.5 Å². The van der Waals surface area contributed by atoms with Crippen molar-refractivity contribution in [2.24, 2.45) is 5.16 Å². The fourth-order valence-electron chi connectivity index (χ4n) is 3.86. The van der Waals surface area contributed by atoms with Gasteiger partial charge in [-0.2, -0.15) is 0 Å². The van der Waals surface area contributed by atoms with E-state index in [0.29, 0.717) is 23.0 Å². The highest BCUT2D eigenvalue weighted by Crippen LogP contribution is 2.29. The van der Waals surface area contributed by atoms with Gasteiger partial charge in [0.15, 0.2) is 35.2 Å². The van der Waals surface area contributed by atoms with Crippen LogP contribution in [0.3, 0.4) is 0 Å². The zero-order chi connectivity index (χ0) is 23.7. The minimum Gasteiger partial charge on any atom is -0.493 e. The number of ether oxygens (including phenoxy) is 2. The number of nitrogens with zero attached hydrogens (tertiary/aromatic N) is 7. The van der Waals surface area contributed by atoms with Crippen molar-refractivity contribution in [3.8, 4) is 17.3 Å². The number of hydrogen-bond donors (Lipinski definition) is 0. The largest absolute Gasteiger partial charge is 0.493 e. The zero-order valence-corrected chi connectivity index (χ0v) is 19.3. The summed E-state index contributed by atoms with van der Waals surface area (Å²) in [7, 11) is 3.18. The molecule has 0 unspecified atom stereocenters. The summed E-state index contributed by atoms with van der Waals surface area (Å²) in [6, 6.07) is 11.3. The van der Waals surface area contributed by atoms with E-state index in [0.717, 1.165) is 33.7 Å². The Morgan fingerprint density at radius 2 is 1.85 bits per heavy atom. The van der Waals surface area contributed by atoms with Gasteiger partial charge in [0.2, 0.25) is 0 Å². The van der Waals surface area contributed by atoms with Gasteiger partial charge in [-0.25, -0.2) is 19.5 Å². The van der Waals surface area contributed by atoms with Gasteiger partial charge in [0.1, 0.15) is 12.1 Å². The van der Waals surface area contributed by atoms with Gasteiger partial charge in [-0.3, -0.25) is 4.57 Å². The summed E-state index contributed by atoms with van der Waals surface area (Å²) in [6.07, 6.45) is 5.01. The molecule has 0 fully saturated rings. The third kappa shape index (κ3) is 3.68. The number of aromatic nitrogens is 6. The molecule has 0 aliphatic rings. The van der Waals surface area contributed by atoms with Crippen molar-refractivity contribution in [2.45, 2.75) is 20.5 Å². The number of rotatable bonds is 7. The lowest BCUT2D eigenvalue weighted by Gasteiger charge is -2.07. The van der Waals surface area contributed by atoms with Gasteiger partial charge in [-0.1, -0.05) is 11.2 Å². The van der Waals surface area contributed by atoms with E-state index in [1.165, 1.54) is 0 Å². The van der Waals surface area contributed by atoms with E-state index in [-0.39, 0.29) is 6.61 Å². The highest BCUT2D eigenvalue weighted by Gasteiger charge is 2.19. The molecule has 10 heteroatoms. The fourth-order valence-corrected chi connectivity index (χ4v) is 3.86. The molecular formula is C24H23N7O3. The first-order valence-corrected chi connectivity index (χ1v) is 10.6. The molecule has 0 N–H and O–H groups in total. The highest BCUT2D eigenvalue weighted by atomic mass is 16.6. The highest BCUT2D eigenvalue weighted by molar-refractivity contribution is 5.94. The van der Waals surface area contributed by atoms with E-state index < -0.39 is 0 Å². The summed E-state index contributed by atoms with van der Waals surface area (Å²) in [5.41, 5.74) is 4.43. The molecule has 5 rings (SSSR count). The maximum Gasteiger partial charge on any atom is 0.192 e. The predicted octanol–water partition coefficient (Wildman–Crippen LogP) is 3.65. The van der Waals surface area contributed by atoms with Crippen LogP contribution in [0.4, 0.5) is 0 Å². The van der Waals surface area contributed by atoms with Crippen LogP contribution < -0.4 is 9.47 Å². The van der Waals surface area contributed by atoms with E-state index in [4.69, 9.17) is 14.3 Å². The average molecular weight is 457 g/mol. The second-order valence-corrected chi connectivity index (χ2v) is 7.60. The van der Waals surface area contributed by atoms with Crippen molar-refractivity contribution in [1.29, 1.82) is 0 Å². The molecule has 0 aliphatic heterocycles. The first-order chi connectivity index (χ1) is 16.6. The second-order valence-electron chi connectivity index (χ2n) is 7.60. The number of aryl methyl sites for hydroxylation is 1. The Labute approximate surface area is 195 Å². The third-order valence-electron chi connectivity index (χ3n) is 5.63. The van der Waals surface area contributed by atoms with E-state index in [1.54, 1.807) is 37.5 Å². The number of hydrogen-bond acceptors (Lipinski definition) is 8. The quantitative estimate of drug-likeness (QED) is 0.272.